The lowest BCUT2D eigenvalue weighted by molar-refractivity contribution is 0.578. The van der Waals surface area contributed by atoms with Crippen LogP contribution < -0.4 is 9.91 Å². The van der Waals surface area contributed by atoms with Gasteiger partial charge < -0.3 is 4.90 Å². The SMILES string of the molecule is Cc1ccc(-c2csc(N3N=C(c4ccc(N5CCCCC5)cc4)CC3c3ccc(Cl)cc3)n2)cc1. The van der Waals surface area contributed by atoms with Crippen LogP contribution in [0.3, 0.4) is 0 Å². The van der Waals surface area contributed by atoms with E-state index < -0.39 is 0 Å². The van der Waals surface area contributed by atoms with Gasteiger partial charge in [0.05, 0.1) is 17.4 Å². The Labute approximate surface area is 221 Å². The third-order valence-electron chi connectivity index (χ3n) is 7.12. The van der Waals surface area contributed by atoms with Crippen molar-refractivity contribution in [2.45, 2.75) is 38.6 Å². The largest absolute Gasteiger partial charge is 0.372 e. The van der Waals surface area contributed by atoms with Gasteiger partial charge in [0, 0.05) is 41.2 Å². The highest BCUT2D eigenvalue weighted by atomic mass is 35.5. The van der Waals surface area contributed by atoms with Crippen LogP contribution in [0.2, 0.25) is 5.02 Å². The molecule has 2 aliphatic rings. The average molecular weight is 513 g/mol. The van der Waals surface area contributed by atoms with Crippen LogP contribution >= 0.6 is 22.9 Å². The number of rotatable bonds is 5. The second-order valence-electron chi connectivity index (χ2n) is 9.64. The van der Waals surface area contributed by atoms with Crippen molar-refractivity contribution in [1.82, 2.24) is 4.98 Å². The van der Waals surface area contributed by atoms with Gasteiger partial charge in [-0.2, -0.15) is 5.10 Å². The monoisotopic (exact) mass is 512 g/mol. The zero-order chi connectivity index (χ0) is 24.5. The number of anilines is 2. The number of nitrogens with zero attached hydrogens (tertiary/aromatic N) is 4. The Morgan fingerprint density at radius 2 is 1.53 bits per heavy atom. The van der Waals surface area contributed by atoms with Crippen LogP contribution in [0.4, 0.5) is 10.8 Å². The van der Waals surface area contributed by atoms with Gasteiger partial charge in [0.1, 0.15) is 0 Å². The van der Waals surface area contributed by atoms with Crippen LogP contribution in [0.1, 0.15) is 48.4 Å². The number of halogens is 1. The Bertz CT molecular complexity index is 1350. The molecule has 0 radical (unpaired) electrons. The van der Waals surface area contributed by atoms with Crippen molar-refractivity contribution >= 4 is 39.5 Å². The van der Waals surface area contributed by atoms with E-state index in [0.29, 0.717) is 0 Å². The molecule has 36 heavy (non-hydrogen) atoms. The first-order chi connectivity index (χ1) is 17.6. The van der Waals surface area contributed by atoms with E-state index in [1.165, 1.54) is 41.6 Å². The number of thiazole rings is 1. The Morgan fingerprint density at radius 3 is 2.25 bits per heavy atom. The maximum atomic E-state index is 6.20. The Morgan fingerprint density at radius 1 is 0.833 bits per heavy atom. The molecular weight excluding hydrogens is 484 g/mol. The molecule has 4 aromatic rings. The molecule has 6 heteroatoms. The second-order valence-corrected chi connectivity index (χ2v) is 10.9. The fraction of sp³-hybridized carbons (Fsp3) is 0.267. The molecule has 0 amide bonds. The number of hydrogen-bond acceptors (Lipinski definition) is 5. The van der Waals surface area contributed by atoms with E-state index in [0.717, 1.165) is 46.6 Å². The van der Waals surface area contributed by atoms with E-state index in [-0.39, 0.29) is 6.04 Å². The van der Waals surface area contributed by atoms with Gasteiger partial charge in [0.15, 0.2) is 0 Å². The normalized spacial score (nSPS) is 17.9. The Hall–Kier alpha value is -3.15. The van der Waals surface area contributed by atoms with E-state index in [1.54, 1.807) is 11.3 Å². The van der Waals surface area contributed by atoms with Gasteiger partial charge in [-0.25, -0.2) is 9.99 Å². The molecule has 1 aromatic heterocycles. The molecule has 3 heterocycles. The third-order valence-corrected chi connectivity index (χ3v) is 8.20. The molecule has 1 saturated heterocycles. The van der Waals surface area contributed by atoms with E-state index in [4.69, 9.17) is 21.7 Å². The number of benzene rings is 3. The zero-order valence-electron chi connectivity index (χ0n) is 20.4. The third kappa shape index (κ3) is 4.78. The second kappa shape index (κ2) is 10.1. The predicted molar refractivity (Wildman–Crippen MR) is 153 cm³/mol. The van der Waals surface area contributed by atoms with Gasteiger partial charge >= 0.3 is 0 Å². The average Bonchev–Trinajstić information content (AvgIpc) is 3.58. The minimum atomic E-state index is 0.0797. The zero-order valence-corrected chi connectivity index (χ0v) is 22.0. The number of aryl methyl sites for hydroxylation is 1. The quantitative estimate of drug-likeness (QED) is 0.270. The van der Waals surface area contributed by atoms with Crippen LogP contribution in [-0.2, 0) is 0 Å². The molecule has 0 spiro atoms. The molecule has 4 nitrogen and oxygen atoms in total. The molecular formula is C30H29ClN4S. The van der Waals surface area contributed by atoms with E-state index >= 15 is 0 Å². The van der Waals surface area contributed by atoms with E-state index in [9.17, 15) is 0 Å². The smallest absolute Gasteiger partial charge is 0.207 e. The molecule has 2 aliphatic heterocycles. The van der Waals surface area contributed by atoms with Crippen molar-refractivity contribution in [2.75, 3.05) is 23.0 Å². The Balaban J connectivity index is 1.31. The maximum Gasteiger partial charge on any atom is 0.207 e. The lowest BCUT2D eigenvalue weighted by Crippen LogP contribution is -2.29. The number of aromatic nitrogens is 1. The Kier molecular flexibility index (Phi) is 6.51. The summed E-state index contributed by atoms with van der Waals surface area (Å²) in [5.74, 6) is 0. The molecule has 182 valence electrons. The van der Waals surface area contributed by atoms with Crippen molar-refractivity contribution in [2.24, 2.45) is 5.10 Å². The first-order valence-electron chi connectivity index (χ1n) is 12.6. The van der Waals surface area contributed by atoms with Crippen molar-refractivity contribution in [3.05, 3.63) is 99.9 Å². The fourth-order valence-electron chi connectivity index (χ4n) is 5.05. The van der Waals surface area contributed by atoms with Crippen LogP contribution in [0.15, 0.2) is 83.3 Å². The highest BCUT2D eigenvalue weighted by molar-refractivity contribution is 7.14. The van der Waals surface area contributed by atoms with E-state index in [2.05, 4.69) is 82.9 Å². The predicted octanol–water partition coefficient (Wildman–Crippen LogP) is 8.12. The molecule has 3 aromatic carbocycles. The summed E-state index contributed by atoms with van der Waals surface area (Å²) in [4.78, 5) is 7.49. The maximum absolute atomic E-state index is 6.20. The first kappa shape index (κ1) is 23.3. The van der Waals surface area contributed by atoms with Gasteiger partial charge in [-0.15, -0.1) is 11.3 Å². The summed E-state index contributed by atoms with van der Waals surface area (Å²) in [7, 11) is 0. The lowest BCUT2D eigenvalue weighted by atomic mass is 9.98. The van der Waals surface area contributed by atoms with Crippen molar-refractivity contribution in [3.8, 4) is 11.3 Å². The molecule has 0 saturated carbocycles. The summed E-state index contributed by atoms with van der Waals surface area (Å²) in [6.07, 6.45) is 4.73. The van der Waals surface area contributed by atoms with Gasteiger partial charge in [-0.05, 0) is 61.6 Å². The molecule has 1 unspecified atom stereocenters. The lowest BCUT2D eigenvalue weighted by Gasteiger charge is -2.28. The summed E-state index contributed by atoms with van der Waals surface area (Å²) >= 11 is 7.84. The highest BCUT2D eigenvalue weighted by Crippen LogP contribution is 2.40. The molecule has 0 aliphatic carbocycles. The summed E-state index contributed by atoms with van der Waals surface area (Å²) in [5, 5.41) is 11.0. The van der Waals surface area contributed by atoms with Crippen molar-refractivity contribution in [1.29, 1.82) is 0 Å². The number of hydrazone groups is 1. The minimum Gasteiger partial charge on any atom is -0.372 e. The highest BCUT2D eigenvalue weighted by Gasteiger charge is 2.32. The topological polar surface area (TPSA) is 31.7 Å². The summed E-state index contributed by atoms with van der Waals surface area (Å²) in [5.41, 5.74) is 8.13. The fourth-order valence-corrected chi connectivity index (χ4v) is 6.01. The molecule has 6 rings (SSSR count). The molecule has 0 N–H and O–H groups in total. The van der Waals surface area contributed by atoms with Gasteiger partial charge in [-0.1, -0.05) is 65.7 Å². The number of hydrogen-bond donors (Lipinski definition) is 0. The van der Waals surface area contributed by atoms with Gasteiger partial charge in [-0.3, -0.25) is 0 Å². The summed E-state index contributed by atoms with van der Waals surface area (Å²) in [6.45, 7) is 4.41. The van der Waals surface area contributed by atoms with Crippen LogP contribution in [0.25, 0.3) is 11.3 Å². The molecule has 0 bridgehead atoms. The first-order valence-corrected chi connectivity index (χ1v) is 13.9. The van der Waals surface area contributed by atoms with E-state index in [1.807, 2.05) is 12.1 Å². The van der Waals surface area contributed by atoms with Gasteiger partial charge in [0.25, 0.3) is 0 Å². The minimum absolute atomic E-state index is 0.0797. The van der Waals surface area contributed by atoms with Gasteiger partial charge in [0.2, 0.25) is 5.13 Å². The van der Waals surface area contributed by atoms with Crippen LogP contribution in [0.5, 0.6) is 0 Å². The van der Waals surface area contributed by atoms with Crippen LogP contribution in [0, 0.1) is 6.92 Å². The molecule has 1 fully saturated rings. The van der Waals surface area contributed by atoms with Crippen molar-refractivity contribution < 1.29 is 0 Å². The molecule has 1 atom stereocenters. The summed E-state index contributed by atoms with van der Waals surface area (Å²) < 4.78 is 0. The van der Waals surface area contributed by atoms with Crippen molar-refractivity contribution in [3.63, 3.8) is 0 Å². The van der Waals surface area contributed by atoms with Crippen LogP contribution in [-0.4, -0.2) is 23.8 Å². The standard InChI is InChI=1S/C30H29ClN4S/c1-21-5-7-23(8-6-21)28-20-36-30(32-28)35-29(24-9-13-25(31)14-10-24)19-27(33-35)22-11-15-26(16-12-22)34-17-3-2-4-18-34/h5-16,20,29H,2-4,17-19H2,1H3. The summed E-state index contributed by atoms with van der Waals surface area (Å²) in [6, 6.07) is 25.7. The number of piperidine rings is 1.